The number of hydrogen-bond acceptors (Lipinski definition) is 3. The zero-order valence-electron chi connectivity index (χ0n) is 25.4. The van der Waals surface area contributed by atoms with E-state index in [1.54, 1.807) is 14.2 Å². The third-order valence-corrected chi connectivity index (χ3v) is 7.35. The molecule has 0 saturated heterocycles. The smallest absolute Gasteiger partial charge is 0.134 e. The summed E-state index contributed by atoms with van der Waals surface area (Å²) in [6.07, 6.45) is 7.95. The Labute approximate surface area is 252 Å². The first-order valence-electron chi connectivity index (χ1n) is 14.9. The molecule has 0 spiro atoms. The van der Waals surface area contributed by atoms with Gasteiger partial charge in [0.1, 0.15) is 11.5 Å². The van der Waals surface area contributed by atoms with Crippen LogP contribution in [0.4, 0.5) is 0 Å². The van der Waals surface area contributed by atoms with E-state index >= 15 is 0 Å². The molecule has 4 aromatic rings. The molecule has 0 N–H and O–H groups in total. The molecule has 3 aromatic carbocycles. The van der Waals surface area contributed by atoms with E-state index in [4.69, 9.17) is 14.5 Å². The zero-order valence-corrected chi connectivity index (χ0v) is 25.4. The van der Waals surface area contributed by atoms with E-state index in [0.717, 1.165) is 102 Å². The highest BCUT2D eigenvalue weighted by molar-refractivity contribution is 5.60. The number of rotatable bonds is 11. The summed E-state index contributed by atoms with van der Waals surface area (Å²) in [7, 11) is 3.40. The Bertz CT molecular complexity index is 1480. The van der Waals surface area contributed by atoms with Gasteiger partial charge in [0.15, 0.2) is 0 Å². The monoisotopic (exact) mass is 555 g/mol. The third-order valence-electron chi connectivity index (χ3n) is 7.35. The van der Waals surface area contributed by atoms with Gasteiger partial charge in [-0.2, -0.15) is 0 Å². The van der Waals surface area contributed by atoms with E-state index in [0.29, 0.717) is 0 Å². The van der Waals surface area contributed by atoms with Crippen molar-refractivity contribution in [1.29, 1.82) is 0 Å². The summed E-state index contributed by atoms with van der Waals surface area (Å²) >= 11 is 0. The van der Waals surface area contributed by atoms with Crippen LogP contribution in [-0.4, -0.2) is 19.2 Å². The van der Waals surface area contributed by atoms with Gasteiger partial charge in [0.05, 0.1) is 31.0 Å². The molecule has 42 heavy (non-hydrogen) atoms. The van der Waals surface area contributed by atoms with Crippen LogP contribution in [0.15, 0.2) is 78.9 Å². The summed E-state index contributed by atoms with van der Waals surface area (Å²) in [5.41, 5.74) is 9.01. The fourth-order valence-electron chi connectivity index (χ4n) is 4.99. The Kier molecular flexibility index (Phi) is 11.7. The largest absolute Gasteiger partial charge is 0.495 e. The molecule has 0 atom stereocenters. The maximum Gasteiger partial charge on any atom is 0.134 e. The van der Waals surface area contributed by atoms with Gasteiger partial charge in [-0.1, -0.05) is 78.3 Å². The topological polar surface area (TPSA) is 31.4 Å². The lowest BCUT2D eigenvalue weighted by Crippen LogP contribution is -1.97. The van der Waals surface area contributed by atoms with Crippen LogP contribution in [0.5, 0.6) is 11.5 Å². The van der Waals surface area contributed by atoms with E-state index in [2.05, 4.69) is 92.1 Å². The van der Waals surface area contributed by atoms with E-state index in [1.807, 2.05) is 24.3 Å². The predicted molar refractivity (Wildman–Crippen MR) is 174 cm³/mol. The lowest BCUT2D eigenvalue weighted by Gasteiger charge is -2.09. The second-order valence-corrected chi connectivity index (χ2v) is 10.5. The van der Waals surface area contributed by atoms with Gasteiger partial charge in [-0.3, -0.25) is 4.98 Å². The quantitative estimate of drug-likeness (QED) is 0.137. The van der Waals surface area contributed by atoms with Gasteiger partial charge in [-0.15, -0.1) is 0 Å². The lowest BCUT2D eigenvalue weighted by atomic mass is 10.0. The molecule has 0 radical (unpaired) electrons. The molecule has 1 aromatic heterocycles. The van der Waals surface area contributed by atoms with Gasteiger partial charge in [0, 0.05) is 24.1 Å². The van der Waals surface area contributed by atoms with Gasteiger partial charge in [-0.05, 0) is 93.3 Å². The highest BCUT2D eigenvalue weighted by Gasteiger charge is 2.07. The SMILES string of the molecule is COc1cccc(C)c1C#CCCCCc1cc(CCCCC#Cc2c(C)cccc2OC)nc(-c2ccccc2)c1. The van der Waals surface area contributed by atoms with E-state index in [1.165, 1.54) is 5.56 Å². The van der Waals surface area contributed by atoms with Crippen molar-refractivity contribution in [2.24, 2.45) is 0 Å². The fraction of sp³-hybridized carbons (Fsp3) is 0.308. The molecule has 3 nitrogen and oxygen atoms in total. The van der Waals surface area contributed by atoms with Gasteiger partial charge < -0.3 is 9.47 Å². The first-order valence-corrected chi connectivity index (χ1v) is 14.9. The maximum absolute atomic E-state index is 5.48. The molecule has 0 aliphatic carbocycles. The summed E-state index contributed by atoms with van der Waals surface area (Å²) in [6, 6.07) is 27.1. The highest BCUT2D eigenvalue weighted by Crippen LogP contribution is 2.23. The summed E-state index contributed by atoms with van der Waals surface area (Å²) in [5.74, 6) is 15.0. The minimum atomic E-state index is 0.843. The van der Waals surface area contributed by atoms with Crippen LogP contribution in [0.1, 0.15) is 72.0 Å². The third kappa shape index (κ3) is 8.76. The average Bonchev–Trinajstić information content (AvgIpc) is 3.02. The van der Waals surface area contributed by atoms with Gasteiger partial charge in [-0.25, -0.2) is 0 Å². The van der Waals surface area contributed by atoms with Crippen molar-refractivity contribution in [2.45, 2.75) is 65.2 Å². The van der Waals surface area contributed by atoms with Crippen molar-refractivity contribution in [2.75, 3.05) is 14.2 Å². The number of pyridine rings is 1. The maximum atomic E-state index is 5.48. The molecule has 0 bridgehead atoms. The van der Waals surface area contributed by atoms with Crippen molar-refractivity contribution >= 4 is 0 Å². The fourth-order valence-corrected chi connectivity index (χ4v) is 4.99. The van der Waals surface area contributed by atoms with Crippen molar-refractivity contribution in [3.05, 3.63) is 112 Å². The average molecular weight is 556 g/mol. The van der Waals surface area contributed by atoms with Crippen molar-refractivity contribution in [3.8, 4) is 46.4 Å². The number of nitrogens with zero attached hydrogens (tertiary/aromatic N) is 1. The normalized spacial score (nSPS) is 10.3. The first kappa shape index (κ1) is 30.5. The highest BCUT2D eigenvalue weighted by atomic mass is 16.5. The van der Waals surface area contributed by atoms with Crippen LogP contribution in [0.25, 0.3) is 11.3 Å². The second kappa shape index (κ2) is 16.1. The summed E-state index contributed by atoms with van der Waals surface area (Å²) < 4.78 is 11.0. The van der Waals surface area contributed by atoms with Crippen LogP contribution < -0.4 is 9.47 Å². The first-order chi connectivity index (χ1) is 20.6. The van der Waals surface area contributed by atoms with Crippen LogP contribution >= 0.6 is 0 Å². The van der Waals surface area contributed by atoms with Gasteiger partial charge in [0.25, 0.3) is 0 Å². The number of benzene rings is 3. The number of hydrogen-bond donors (Lipinski definition) is 0. The Morgan fingerprint density at radius 1 is 0.619 bits per heavy atom. The number of methoxy groups -OCH3 is 2. The zero-order chi connectivity index (χ0) is 29.6. The van der Waals surface area contributed by atoms with Gasteiger partial charge >= 0.3 is 0 Å². The predicted octanol–water partition coefficient (Wildman–Crippen LogP) is 8.91. The number of aromatic nitrogens is 1. The molecular weight excluding hydrogens is 514 g/mol. The van der Waals surface area contributed by atoms with E-state index < -0.39 is 0 Å². The molecule has 0 aliphatic rings. The molecular formula is C39H41NO2. The minimum absolute atomic E-state index is 0.843. The number of ether oxygens (including phenoxy) is 2. The standard InChI is InChI=1S/C39H41NO2/c1-30-18-16-26-38(41-3)35(30)24-14-7-5-10-20-32-28-34(40-37(29-32)33-21-11-9-12-22-33)23-13-6-8-15-25-36-31(2)19-17-27-39(36)42-4/h9,11-12,16-19,21-22,26-29H,5-8,10,13,20,23H2,1-4H3. The van der Waals surface area contributed by atoms with E-state index in [-0.39, 0.29) is 0 Å². The Morgan fingerprint density at radius 2 is 1.19 bits per heavy atom. The Morgan fingerprint density at radius 3 is 1.76 bits per heavy atom. The minimum Gasteiger partial charge on any atom is -0.495 e. The molecule has 0 amide bonds. The van der Waals surface area contributed by atoms with Gasteiger partial charge in [0.2, 0.25) is 0 Å². The van der Waals surface area contributed by atoms with Crippen molar-refractivity contribution in [3.63, 3.8) is 0 Å². The Hall–Kier alpha value is -4.47. The molecule has 4 rings (SSSR count). The molecule has 0 fully saturated rings. The summed E-state index contributed by atoms with van der Waals surface area (Å²) in [4.78, 5) is 5.03. The molecule has 0 unspecified atom stereocenters. The van der Waals surface area contributed by atoms with Crippen LogP contribution in [0.3, 0.4) is 0 Å². The van der Waals surface area contributed by atoms with Crippen LogP contribution in [0, 0.1) is 37.5 Å². The number of unbranched alkanes of at least 4 members (excludes halogenated alkanes) is 4. The van der Waals surface area contributed by atoms with Crippen LogP contribution in [0.2, 0.25) is 0 Å². The number of aryl methyl sites for hydroxylation is 4. The second-order valence-electron chi connectivity index (χ2n) is 10.5. The Balaban J connectivity index is 1.34. The molecule has 0 aliphatic heterocycles. The van der Waals surface area contributed by atoms with Crippen molar-refractivity contribution < 1.29 is 9.47 Å². The molecule has 214 valence electrons. The molecule has 0 saturated carbocycles. The molecule has 1 heterocycles. The van der Waals surface area contributed by atoms with E-state index in [9.17, 15) is 0 Å². The molecule has 3 heteroatoms. The van der Waals surface area contributed by atoms with Crippen LogP contribution in [-0.2, 0) is 12.8 Å². The summed E-state index contributed by atoms with van der Waals surface area (Å²) in [6.45, 7) is 4.15. The summed E-state index contributed by atoms with van der Waals surface area (Å²) in [5, 5.41) is 0. The lowest BCUT2D eigenvalue weighted by molar-refractivity contribution is 0.413. The van der Waals surface area contributed by atoms with Crippen molar-refractivity contribution in [1.82, 2.24) is 4.98 Å².